The van der Waals surface area contributed by atoms with Crippen LogP contribution in [0.4, 0.5) is 13.2 Å². The number of hydrogen-bond donors (Lipinski definition) is 1. The molecule has 35 heavy (non-hydrogen) atoms. The van der Waals surface area contributed by atoms with Crippen molar-refractivity contribution < 1.29 is 23.1 Å². The van der Waals surface area contributed by atoms with Gasteiger partial charge in [-0.25, -0.2) is 0 Å². The van der Waals surface area contributed by atoms with Gasteiger partial charge in [-0.05, 0) is 92.1 Å². The number of pyridine rings is 1. The molecule has 1 aromatic carbocycles. The number of likely N-dealkylation sites (tertiary alicyclic amines) is 2. The maximum Gasteiger partial charge on any atom is 0.416 e. The topological polar surface area (TPSA) is 56.7 Å². The number of nitrogens with zero attached hydrogens (tertiary/aromatic N) is 3. The van der Waals surface area contributed by atoms with Gasteiger partial charge in [-0.15, -0.1) is 0 Å². The number of alkyl halides is 3. The summed E-state index contributed by atoms with van der Waals surface area (Å²) in [5.41, 5.74) is 0.941. The van der Waals surface area contributed by atoms with Gasteiger partial charge in [-0.3, -0.25) is 14.7 Å². The Morgan fingerprint density at radius 2 is 1.74 bits per heavy atom. The molecule has 1 N–H and O–H groups in total. The van der Waals surface area contributed by atoms with Gasteiger partial charge in [0, 0.05) is 37.6 Å². The average molecular weight is 488 g/mol. The molecule has 8 heteroatoms. The van der Waals surface area contributed by atoms with Gasteiger partial charge >= 0.3 is 6.18 Å². The first-order chi connectivity index (χ1) is 16.8. The fourth-order valence-corrected chi connectivity index (χ4v) is 5.36. The molecule has 0 spiro atoms. The quantitative estimate of drug-likeness (QED) is 0.606. The number of aliphatic hydroxyl groups is 1. The van der Waals surface area contributed by atoms with Gasteiger partial charge in [-0.2, -0.15) is 13.2 Å². The Bertz CT molecular complexity index is 996. The molecular formula is C27H32F3N3O2. The summed E-state index contributed by atoms with van der Waals surface area (Å²) in [6.07, 6.45) is 5.77. The van der Waals surface area contributed by atoms with Crippen molar-refractivity contribution in [1.82, 2.24) is 14.8 Å². The van der Waals surface area contributed by atoms with Crippen molar-refractivity contribution in [2.24, 2.45) is 5.92 Å². The zero-order valence-electron chi connectivity index (χ0n) is 19.7. The molecule has 188 valence electrons. The van der Waals surface area contributed by atoms with E-state index in [1.54, 1.807) is 11.0 Å². The van der Waals surface area contributed by atoms with Crippen LogP contribution in [-0.4, -0.2) is 64.6 Å². The standard InChI is InChI=1S/C27H32F3N3O2/c28-27(29,30)24-3-1-2-20(18-24)4-5-26(35)33-16-10-23(11-17-33)25(19-34)32-14-8-22(9-15-32)21-6-12-31-13-7-21/h1-7,12-13,18,22-23,25,34H,8-11,14-17,19H2/b5-4+. The molecule has 0 bridgehead atoms. The van der Waals surface area contributed by atoms with Crippen molar-refractivity contribution >= 4 is 12.0 Å². The van der Waals surface area contributed by atoms with E-state index in [4.69, 9.17) is 0 Å². The highest BCUT2D eigenvalue weighted by Gasteiger charge is 2.33. The Morgan fingerprint density at radius 1 is 1.06 bits per heavy atom. The third kappa shape index (κ3) is 6.49. The lowest BCUT2D eigenvalue weighted by Crippen LogP contribution is -2.50. The van der Waals surface area contributed by atoms with Crippen molar-refractivity contribution in [2.75, 3.05) is 32.8 Å². The summed E-state index contributed by atoms with van der Waals surface area (Å²) in [4.78, 5) is 20.9. The molecule has 0 radical (unpaired) electrons. The first-order valence-electron chi connectivity index (χ1n) is 12.2. The molecule has 1 unspecified atom stereocenters. The summed E-state index contributed by atoms with van der Waals surface area (Å²) in [7, 11) is 0. The van der Waals surface area contributed by atoms with Crippen LogP contribution in [0.25, 0.3) is 6.08 Å². The molecule has 5 nitrogen and oxygen atoms in total. The monoisotopic (exact) mass is 487 g/mol. The van der Waals surface area contributed by atoms with E-state index in [2.05, 4.69) is 22.0 Å². The van der Waals surface area contributed by atoms with E-state index in [0.717, 1.165) is 50.9 Å². The fraction of sp³-hybridized carbons (Fsp3) is 0.481. The first-order valence-corrected chi connectivity index (χ1v) is 12.2. The van der Waals surface area contributed by atoms with Crippen molar-refractivity contribution in [3.8, 4) is 0 Å². The molecule has 1 aromatic heterocycles. The number of rotatable bonds is 6. The number of piperidine rings is 2. The molecule has 1 amide bonds. The minimum atomic E-state index is -4.41. The van der Waals surface area contributed by atoms with Gasteiger partial charge in [0.25, 0.3) is 0 Å². The molecule has 2 saturated heterocycles. The molecule has 3 heterocycles. The highest BCUT2D eigenvalue weighted by molar-refractivity contribution is 5.91. The average Bonchev–Trinajstić information content (AvgIpc) is 2.89. The van der Waals surface area contributed by atoms with Crippen LogP contribution in [0.2, 0.25) is 0 Å². The molecule has 2 aromatic rings. The van der Waals surface area contributed by atoms with Crippen LogP contribution in [0.5, 0.6) is 0 Å². The predicted octanol–water partition coefficient (Wildman–Crippen LogP) is 4.59. The number of aliphatic hydroxyl groups excluding tert-OH is 1. The van der Waals surface area contributed by atoms with Crippen LogP contribution in [0.15, 0.2) is 54.9 Å². The van der Waals surface area contributed by atoms with Crippen molar-refractivity contribution in [3.05, 3.63) is 71.6 Å². The molecule has 2 aliphatic rings. The zero-order valence-corrected chi connectivity index (χ0v) is 19.7. The van der Waals surface area contributed by atoms with Crippen LogP contribution in [0, 0.1) is 5.92 Å². The second-order valence-corrected chi connectivity index (χ2v) is 9.46. The van der Waals surface area contributed by atoms with Gasteiger partial charge in [0.15, 0.2) is 0 Å². The fourth-order valence-electron chi connectivity index (χ4n) is 5.36. The van der Waals surface area contributed by atoms with Crippen molar-refractivity contribution in [3.63, 3.8) is 0 Å². The van der Waals surface area contributed by atoms with Crippen molar-refractivity contribution in [1.29, 1.82) is 0 Å². The van der Waals surface area contributed by atoms with E-state index < -0.39 is 11.7 Å². The van der Waals surface area contributed by atoms with Gasteiger partial charge in [0.1, 0.15) is 0 Å². The molecule has 0 saturated carbocycles. The molecule has 2 aliphatic heterocycles. The van der Waals surface area contributed by atoms with Crippen molar-refractivity contribution in [2.45, 2.75) is 43.8 Å². The van der Waals surface area contributed by atoms with E-state index >= 15 is 0 Å². The number of carbonyl (C=O) groups excluding carboxylic acids is 1. The Balaban J connectivity index is 1.27. The number of amides is 1. The SMILES string of the molecule is O=C(/C=C/c1cccc(C(F)(F)F)c1)N1CCC(C(CO)N2CCC(c3ccncc3)CC2)CC1. The highest BCUT2D eigenvalue weighted by Crippen LogP contribution is 2.32. The van der Waals surface area contributed by atoms with Gasteiger partial charge in [-0.1, -0.05) is 12.1 Å². The highest BCUT2D eigenvalue weighted by atomic mass is 19.4. The van der Waals surface area contributed by atoms with E-state index in [0.29, 0.717) is 30.5 Å². The van der Waals surface area contributed by atoms with Crippen LogP contribution in [0.1, 0.15) is 48.3 Å². The van der Waals surface area contributed by atoms with Crippen LogP contribution >= 0.6 is 0 Å². The Labute approximate surface area is 204 Å². The van der Waals surface area contributed by atoms with E-state index in [-0.39, 0.29) is 18.6 Å². The molecule has 4 rings (SSSR count). The first kappa shape index (κ1) is 25.4. The largest absolute Gasteiger partial charge is 0.416 e. The lowest BCUT2D eigenvalue weighted by molar-refractivity contribution is -0.137. The number of benzene rings is 1. The smallest absolute Gasteiger partial charge is 0.395 e. The van der Waals surface area contributed by atoms with Gasteiger partial charge < -0.3 is 10.0 Å². The predicted molar refractivity (Wildman–Crippen MR) is 128 cm³/mol. The minimum absolute atomic E-state index is 0.0892. The number of halogens is 3. The molecule has 0 aliphatic carbocycles. The molecular weight excluding hydrogens is 455 g/mol. The maximum absolute atomic E-state index is 12.9. The Morgan fingerprint density at radius 3 is 2.37 bits per heavy atom. The van der Waals surface area contributed by atoms with Gasteiger partial charge in [0.2, 0.25) is 5.91 Å². The summed E-state index contributed by atoms with van der Waals surface area (Å²) in [5, 5.41) is 10.2. The number of carbonyl (C=O) groups is 1. The number of hydrogen-bond acceptors (Lipinski definition) is 4. The second-order valence-electron chi connectivity index (χ2n) is 9.46. The Hall–Kier alpha value is -2.71. The van der Waals surface area contributed by atoms with E-state index in [1.165, 1.54) is 23.8 Å². The Kier molecular flexibility index (Phi) is 8.23. The minimum Gasteiger partial charge on any atom is -0.395 e. The van der Waals surface area contributed by atoms with Gasteiger partial charge in [0.05, 0.1) is 12.2 Å². The van der Waals surface area contributed by atoms with E-state index in [9.17, 15) is 23.1 Å². The lowest BCUT2D eigenvalue weighted by atomic mass is 9.85. The van der Waals surface area contributed by atoms with Crippen LogP contribution in [-0.2, 0) is 11.0 Å². The lowest BCUT2D eigenvalue weighted by Gasteiger charge is -2.43. The molecule has 2 fully saturated rings. The summed E-state index contributed by atoms with van der Waals surface area (Å²) < 4.78 is 38.7. The van der Waals surface area contributed by atoms with Crippen LogP contribution in [0.3, 0.4) is 0 Å². The third-order valence-electron chi connectivity index (χ3n) is 7.39. The van der Waals surface area contributed by atoms with Crippen LogP contribution < -0.4 is 0 Å². The summed E-state index contributed by atoms with van der Waals surface area (Å²) in [5.74, 6) is 0.644. The second kappa shape index (κ2) is 11.4. The normalized spacial score (nSPS) is 19.8. The summed E-state index contributed by atoms with van der Waals surface area (Å²) in [6, 6.07) is 9.20. The number of aromatic nitrogens is 1. The maximum atomic E-state index is 12.9. The third-order valence-corrected chi connectivity index (χ3v) is 7.39. The zero-order chi connectivity index (χ0) is 24.8. The van der Waals surface area contributed by atoms with E-state index in [1.807, 2.05) is 12.4 Å². The summed E-state index contributed by atoms with van der Waals surface area (Å²) in [6.45, 7) is 3.16. The summed E-state index contributed by atoms with van der Waals surface area (Å²) >= 11 is 0. The molecule has 1 atom stereocenters.